The van der Waals surface area contributed by atoms with Gasteiger partial charge >= 0.3 is 5.69 Å². The smallest absolute Gasteiger partial charge is 0.312 e. The van der Waals surface area contributed by atoms with E-state index in [9.17, 15) is 10.1 Å². The molecule has 0 atom stereocenters. The summed E-state index contributed by atoms with van der Waals surface area (Å²) in [6, 6.07) is 23.3. The number of nitro benzene ring substituents is 1. The van der Waals surface area contributed by atoms with Gasteiger partial charge in [0.25, 0.3) is 0 Å². The molecule has 0 aliphatic heterocycles. The molecule has 0 aliphatic rings. The summed E-state index contributed by atoms with van der Waals surface area (Å²) in [5.74, 6) is 0.0894. The van der Waals surface area contributed by atoms with Gasteiger partial charge in [-0.3, -0.25) is 10.1 Å². The second-order valence-corrected chi connectivity index (χ2v) is 5.60. The molecular formula is C21H12N4O3. The molecule has 0 spiro atoms. The molecule has 134 valence electrons. The van der Waals surface area contributed by atoms with Crippen LogP contribution in [0.3, 0.4) is 0 Å². The van der Waals surface area contributed by atoms with Gasteiger partial charge in [-0.2, -0.15) is 10.5 Å². The van der Waals surface area contributed by atoms with E-state index < -0.39 is 4.92 Å². The van der Waals surface area contributed by atoms with Crippen LogP contribution in [-0.2, 0) is 0 Å². The maximum absolute atomic E-state index is 11.4. The Labute approximate surface area is 160 Å². The zero-order valence-corrected chi connectivity index (χ0v) is 14.4. The number of benzene rings is 3. The van der Waals surface area contributed by atoms with Gasteiger partial charge in [-0.1, -0.05) is 18.2 Å². The average molecular weight is 368 g/mol. The summed E-state index contributed by atoms with van der Waals surface area (Å²) in [7, 11) is 0. The van der Waals surface area contributed by atoms with Crippen LogP contribution in [0.4, 0.5) is 11.4 Å². The fourth-order valence-electron chi connectivity index (χ4n) is 2.37. The monoisotopic (exact) mass is 368 g/mol. The summed E-state index contributed by atoms with van der Waals surface area (Å²) in [6.45, 7) is 0. The Bertz CT molecular complexity index is 1130. The lowest BCUT2D eigenvalue weighted by Crippen LogP contribution is -2.11. The molecule has 0 saturated heterocycles. The van der Waals surface area contributed by atoms with Crippen molar-refractivity contribution in [3.05, 3.63) is 99.6 Å². The number of para-hydroxylation sites is 1. The number of rotatable bonds is 4. The molecule has 0 saturated carbocycles. The van der Waals surface area contributed by atoms with Gasteiger partial charge in [0.1, 0.15) is 0 Å². The largest absolute Gasteiger partial charge is 0.431 e. The summed E-state index contributed by atoms with van der Waals surface area (Å²) < 4.78 is 5.79. The number of nitro groups is 1. The third-order valence-corrected chi connectivity index (χ3v) is 3.74. The minimum Gasteiger partial charge on any atom is -0.431 e. The second-order valence-electron chi connectivity index (χ2n) is 5.60. The quantitative estimate of drug-likeness (QED) is 0.291. The van der Waals surface area contributed by atoms with Crippen molar-refractivity contribution >= 4 is 17.3 Å². The first kappa shape index (κ1) is 18.3. The lowest BCUT2D eigenvalue weighted by Gasteiger charge is -2.10. The Morgan fingerprint density at radius 2 is 1.57 bits per heavy atom. The topological polar surface area (TPSA) is 112 Å². The third kappa shape index (κ3) is 4.18. The molecule has 0 heterocycles. The third-order valence-electron chi connectivity index (χ3n) is 3.74. The number of nitriles is 2. The predicted molar refractivity (Wildman–Crippen MR) is 102 cm³/mol. The summed E-state index contributed by atoms with van der Waals surface area (Å²) >= 11 is 0. The van der Waals surface area contributed by atoms with Crippen LogP contribution in [0, 0.1) is 32.8 Å². The standard InChI is InChI=1S/C21H12N4O3/c22-13-15-6-9-17(10-7-15)21(24-18-4-2-1-3-5-18)28-20-11-8-16(14-23)12-19(20)25(26)27/h1-12H. The SMILES string of the molecule is N#Cc1ccc(C(=Nc2ccccc2)Oc2ccc(C#N)cc2[N+](=O)[O-])cc1. The summed E-state index contributed by atoms with van der Waals surface area (Å²) in [5.41, 5.74) is 1.42. The molecular weight excluding hydrogens is 356 g/mol. The fourth-order valence-corrected chi connectivity index (χ4v) is 2.37. The molecule has 0 aromatic heterocycles. The normalized spacial score (nSPS) is 10.6. The van der Waals surface area contributed by atoms with Crippen LogP contribution >= 0.6 is 0 Å². The first-order valence-corrected chi connectivity index (χ1v) is 8.11. The number of nitrogens with zero attached hydrogens (tertiary/aromatic N) is 4. The molecule has 0 aliphatic carbocycles. The average Bonchev–Trinajstić information content (AvgIpc) is 2.74. The Morgan fingerprint density at radius 1 is 0.929 bits per heavy atom. The molecule has 0 N–H and O–H groups in total. The highest BCUT2D eigenvalue weighted by Crippen LogP contribution is 2.29. The first-order chi connectivity index (χ1) is 13.6. The Kier molecular flexibility index (Phi) is 5.40. The number of hydrogen-bond donors (Lipinski definition) is 0. The van der Waals surface area contributed by atoms with E-state index in [-0.39, 0.29) is 22.9 Å². The molecule has 3 rings (SSSR count). The van der Waals surface area contributed by atoms with Crippen LogP contribution in [0.15, 0.2) is 77.8 Å². The maximum Gasteiger partial charge on any atom is 0.312 e. The Hall–Kier alpha value is -4.49. The van der Waals surface area contributed by atoms with Gasteiger partial charge in [0, 0.05) is 11.6 Å². The minimum absolute atomic E-state index is 0.0389. The summed E-state index contributed by atoms with van der Waals surface area (Å²) in [4.78, 5) is 15.2. The van der Waals surface area contributed by atoms with E-state index in [1.807, 2.05) is 18.2 Å². The Balaban J connectivity index is 2.08. The van der Waals surface area contributed by atoms with Gasteiger partial charge in [-0.05, 0) is 48.5 Å². The zero-order chi connectivity index (χ0) is 19.9. The molecule has 0 radical (unpaired) electrons. The van der Waals surface area contributed by atoms with Gasteiger partial charge in [-0.15, -0.1) is 0 Å². The molecule has 28 heavy (non-hydrogen) atoms. The van der Waals surface area contributed by atoms with Crippen molar-refractivity contribution in [2.45, 2.75) is 0 Å². The molecule has 7 heteroatoms. The lowest BCUT2D eigenvalue weighted by atomic mass is 10.1. The van der Waals surface area contributed by atoms with E-state index in [0.29, 0.717) is 16.8 Å². The van der Waals surface area contributed by atoms with Crippen molar-refractivity contribution in [1.29, 1.82) is 10.5 Å². The van der Waals surface area contributed by atoms with E-state index in [1.54, 1.807) is 48.5 Å². The van der Waals surface area contributed by atoms with E-state index in [4.69, 9.17) is 15.3 Å². The van der Waals surface area contributed by atoms with Crippen molar-refractivity contribution in [2.75, 3.05) is 0 Å². The van der Waals surface area contributed by atoms with Crippen LogP contribution < -0.4 is 4.74 Å². The second kappa shape index (κ2) is 8.26. The van der Waals surface area contributed by atoms with Crippen molar-refractivity contribution in [3.8, 4) is 17.9 Å². The van der Waals surface area contributed by atoms with Crippen LogP contribution in [0.1, 0.15) is 16.7 Å². The maximum atomic E-state index is 11.4. The first-order valence-electron chi connectivity index (χ1n) is 8.11. The molecule has 0 fully saturated rings. The number of ether oxygens (including phenoxy) is 1. The van der Waals surface area contributed by atoms with Crippen molar-refractivity contribution in [1.82, 2.24) is 0 Å². The Morgan fingerprint density at radius 3 is 2.18 bits per heavy atom. The molecule has 3 aromatic carbocycles. The van der Waals surface area contributed by atoms with Crippen molar-refractivity contribution in [2.24, 2.45) is 4.99 Å². The van der Waals surface area contributed by atoms with Crippen LogP contribution in [0.25, 0.3) is 0 Å². The zero-order valence-electron chi connectivity index (χ0n) is 14.4. The predicted octanol–water partition coefficient (Wildman–Crippen LogP) is 4.50. The summed E-state index contributed by atoms with van der Waals surface area (Å²) in [5, 5.41) is 29.3. The van der Waals surface area contributed by atoms with Crippen LogP contribution in [-0.4, -0.2) is 10.8 Å². The summed E-state index contributed by atoms with van der Waals surface area (Å²) in [6.07, 6.45) is 0. The van der Waals surface area contributed by atoms with Gasteiger partial charge in [0.2, 0.25) is 11.6 Å². The lowest BCUT2D eigenvalue weighted by molar-refractivity contribution is -0.385. The number of hydrogen-bond acceptors (Lipinski definition) is 6. The van der Waals surface area contributed by atoms with Gasteiger partial charge in [-0.25, -0.2) is 4.99 Å². The van der Waals surface area contributed by atoms with Crippen LogP contribution in [0.5, 0.6) is 5.75 Å². The molecule has 0 unspecified atom stereocenters. The van der Waals surface area contributed by atoms with Crippen molar-refractivity contribution in [3.63, 3.8) is 0 Å². The van der Waals surface area contributed by atoms with Gasteiger partial charge < -0.3 is 4.74 Å². The molecule has 0 bridgehead atoms. The highest BCUT2D eigenvalue weighted by atomic mass is 16.6. The van der Waals surface area contributed by atoms with Crippen LogP contribution in [0.2, 0.25) is 0 Å². The van der Waals surface area contributed by atoms with Gasteiger partial charge in [0.05, 0.1) is 33.9 Å². The van der Waals surface area contributed by atoms with E-state index in [0.717, 1.165) is 6.07 Å². The fraction of sp³-hybridized carbons (Fsp3) is 0. The molecule has 3 aromatic rings. The van der Waals surface area contributed by atoms with E-state index >= 15 is 0 Å². The molecule has 0 amide bonds. The highest BCUT2D eigenvalue weighted by molar-refractivity contribution is 5.97. The minimum atomic E-state index is -0.616. The van der Waals surface area contributed by atoms with Gasteiger partial charge in [0.15, 0.2) is 0 Å². The van der Waals surface area contributed by atoms with E-state index in [2.05, 4.69) is 4.99 Å². The van der Waals surface area contributed by atoms with Crippen molar-refractivity contribution < 1.29 is 9.66 Å². The highest BCUT2D eigenvalue weighted by Gasteiger charge is 2.19. The van der Waals surface area contributed by atoms with E-state index in [1.165, 1.54) is 12.1 Å². The molecule has 7 nitrogen and oxygen atoms in total. The number of aliphatic imine (C=N–C) groups is 1.